The Labute approximate surface area is 390 Å². The van der Waals surface area contributed by atoms with Crippen molar-refractivity contribution in [3.05, 3.63) is 97.1 Å². The summed E-state index contributed by atoms with van der Waals surface area (Å²) >= 11 is 0. The molecule has 0 aliphatic rings. The summed E-state index contributed by atoms with van der Waals surface area (Å²) in [6.07, 6.45) is 0.267. The number of rotatable bonds is 12. The molecule has 0 bridgehead atoms. The van der Waals surface area contributed by atoms with E-state index in [2.05, 4.69) is 0 Å². The molecule has 12 nitrogen and oxygen atoms in total. The van der Waals surface area contributed by atoms with Crippen molar-refractivity contribution in [1.82, 2.24) is 0 Å². The quantitative estimate of drug-likeness (QED) is 0.0736. The Hall–Kier alpha value is 1.38. The second-order valence-corrected chi connectivity index (χ2v) is 21.3. The zero-order chi connectivity index (χ0) is 34.9. The van der Waals surface area contributed by atoms with Crippen LogP contribution >= 0.6 is 15.8 Å². The molecule has 0 saturated carbocycles. The van der Waals surface area contributed by atoms with Gasteiger partial charge in [-0.15, -0.1) is 0 Å². The zero-order valence-corrected chi connectivity index (χ0v) is 41.6. The summed E-state index contributed by atoms with van der Waals surface area (Å²) in [6, 6.07) is 21.1. The summed E-state index contributed by atoms with van der Waals surface area (Å²) in [5, 5.41) is 1.56. The Bertz CT molecular complexity index is 1950. The van der Waals surface area contributed by atoms with Crippen molar-refractivity contribution in [2.24, 2.45) is 0 Å². The van der Waals surface area contributed by atoms with Gasteiger partial charge in [0.15, 0.2) is 0 Å². The van der Waals surface area contributed by atoms with E-state index in [-0.39, 0.29) is 125 Å². The molecule has 0 radical (unpaired) electrons. The molecule has 0 fully saturated rings. The standard InChI is InChI=1S/C29H30O12P2S4.4Na/c1-20(42(22-7-3-11-26(16-22)44(30,31)32)23-8-4-12-27(17-23)45(33,34)35)15-21(2)43(24-9-5-13-28(18-24)46(36,37)38)25-10-6-14-29(19-25)47(39,40)41;;;;/h3-14,16-21H,15H2,1-2H3,(H,30,31,32)(H,33,34,35)(H,36,37,38)(H,39,40,41);;;;/q;4*+1/p-4. The Kier molecular flexibility index (Phi) is 21.8. The van der Waals surface area contributed by atoms with Gasteiger partial charge in [0.25, 0.3) is 0 Å². The minimum absolute atomic E-state index is 0. The van der Waals surface area contributed by atoms with Crippen molar-refractivity contribution in [3.63, 3.8) is 0 Å². The van der Waals surface area contributed by atoms with Gasteiger partial charge in [0.2, 0.25) is 0 Å². The van der Waals surface area contributed by atoms with E-state index in [4.69, 9.17) is 0 Å². The molecule has 4 aromatic carbocycles. The van der Waals surface area contributed by atoms with Crippen LogP contribution in [-0.2, 0) is 40.5 Å². The van der Waals surface area contributed by atoms with E-state index in [9.17, 15) is 51.9 Å². The minimum atomic E-state index is -4.87. The predicted octanol–water partition coefficient (Wildman–Crippen LogP) is -9.95. The first-order valence-electron chi connectivity index (χ1n) is 13.5. The van der Waals surface area contributed by atoms with Crippen LogP contribution in [0.3, 0.4) is 0 Å². The summed E-state index contributed by atoms with van der Waals surface area (Å²) in [5.41, 5.74) is -0.867. The summed E-state index contributed by atoms with van der Waals surface area (Å²) in [7, 11) is -22.8. The molecule has 4 aromatic rings. The predicted molar refractivity (Wildman–Crippen MR) is 174 cm³/mol. The molecule has 2 atom stereocenters. The van der Waals surface area contributed by atoms with E-state index >= 15 is 0 Å². The summed E-state index contributed by atoms with van der Waals surface area (Å²) in [5.74, 6) is 0. The van der Waals surface area contributed by atoms with Crippen LogP contribution in [-0.4, -0.2) is 63.2 Å². The monoisotopic (exact) mass is 848 g/mol. The van der Waals surface area contributed by atoms with Crippen molar-refractivity contribution >= 4 is 77.5 Å². The molecule has 0 N–H and O–H groups in total. The molecule has 0 saturated heterocycles. The van der Waals surface area contributed by atoms with Crippen LogP contribution in [0.1, 0.15) is 20.3 Å². The maximum atomic E-state index is 11.9. The molecule has 252 valence electrons. The first kappa shape index (κ1) is 52.4. The zero-order valence-electron chi connectivity index (χ0n) is 28.5. The van der Waals surface area contributed by atoms with Crippen LogP contribution < -0.4 is 139 Å². The maximum Gasteiger partial charge on any atom is 1.00 e. The van der Waals surface area contributed by atoms with Gasteiger partial charge in [-0.25, -0.2) is 33.7 Å². The van der Waals surface area contributed by atoms with Crippen LogP contribution in [0.25, 0.3) is 0 Å². The molecule has 0 amide bonds. The van der Waals surface area contributed by atoms with Gasteiger partial charge in [-0.05, 0) is 103 Å². The molecule has 0 spiro atoms. The Morgan fingerprint density at radius 1 is 0.431 bits per heavy atom. The van der Waals surface area contributed by atoms with E-state index in [1.807, 2.05) is 0 Å². The summed E-state index contributed by atoms with van der Waals surface area (Å²) < 4.78 is 143. The Balaban J connectivity index is 0.00000625. The SMILES string of the molecule is CC(CC(C)P(c1cccc(S(=O)(=O)[O-])c1)c1cccc(S(=O)(=O)[O-])c1)P(c1cccc(S(=O)(=O)[O-])c1)c1cccc(S(=O)(=O)[O-])c1.[Na+].[Na+].[Na+].[Na+]. The fourth-order valence-corrected chi connectivity index (χ4v) is 13.5. The fraction of sp³-hybridized carbons (Fsp3) is 0.172. The first-order chi connectivity index (χ1) is 21.7. The fourth-order valence-electron chi connectivity index (χ4n) is 5.18. The molecule has 0 aliphatic heterocycles. The maximum absolute atomic E-state index is 11.9. The number of hydrogen-bond acceptors (Lipinski definition) is 12. The average molecular weight is 849 g/mol. The number of hydrogen-bond donors (Lipinski definition) is 0. The van der Waals surface area contributed by atoms with Crippen LogP contribution in [0.5, 0.6) is 0 Å². The van der Waals surface area contributed by atoms with Crippen molar-refractivity contribution in [1.29, 1.82) is 0 Å². The molecule has 0 aromatic heterocycles. The van der Waals surface area contributed by atoms with Gasteiger partial charge in [0.1, 0.15) is 40.5 Å². The average Bonchev–Trinajstić information content (AvgIpc) is 2.96. The van der Waals surface area contributed by atoms with E-state index < -0.39 is 87.2 Å². The van der Waals surface area contributed by atoms with E-state index in [1.54, 1.807) is 38.1 Å². The van der Waals surface area contributed by atoms with Gasteiger partial charge in [-0.3, -0.25) is 0 Å². The second-order valence-electron chi connectivity index (χ2n) is 10.5. The smallest absolute Gasteiger partial charge is 0.744 e. The van der Waals surface area contributed by atoms with Gasteiger partial charge >= 0.3 is 118 Å². The first-order valence-corrected chi connectivity index (χ1v) is 21.9. The van der Waals surface area contributed by atoms with Gasteiger partial charge < -0.3 is 18.2 Å². The third-order valence-corrected chi connectivity index (χ3v) is 15.9. The molecule has 22 heteroatoms. The van der Waals surface area contributed by atoms with Crippen LogP contribution in [0.4, 0.5) is 0 Å². The van der Waals surface area contributed by atoms with Gasteiger partial charge in [0, 0.05) is 0 Å². The van der Waals surface area contributed by atoms with Crippen molar-refractivity contribution in [2.45, 2.75) is 51.2 Å². The number of benzene rings is 4. The van der Waals surface area contributed by atoms with Gasteiger partial charge in [-0.2, -0.15) is 0 Å². The molecule has 51 heavy (non-hydrogen) atoms. The summed E-state index contributed by atoms with van der Waals surface area (Å²) in [6.45, 7) is 3.59. The third-order valence-electron chi connectivity index (χ3n) is 7.10. The van der Waals surface area contributed by atoms with Gasteiger partial charge in [0.05, 0.1) is 19.6 Å². The van der Waals surface area contributed by atoms with E-state index in [1.165, 1.54) is 48.5 Å². The molecule has 4 rings (SSSR count). The molecule has 0 heterocycles. The topological polar surface area (TPSA) is 229 Å². The normalized spacial score (nSPS) is 13.2. The van der Waals surface area contributed by atoms with Crippen LogP contribution in [0.15, 0.2) is 117 Å². The minimum Gasteiger partial charge on any atom is -0.744 e. The molecular formula is C29H26Na4O12P2S4. The molecule has 2 unspecified atom stereocenters. The third kappa shape index (κ3) is 14.4. The summed E-state index contributed by atoms with van der Waals surface area (Å²) in [4.78, 5) is -2.04. The van der Waals surface area contributed by atoms with Crippen molar-refractivity contribution in [2.75, 3.05) is 0 Å². The van der Waals surface area contributed by atoms with Crippen molar-refractivity contribution < 1.29 is 170 Å². The second kappa shape index (κ2) is 21.2. The largest absolute Gasteiger partial charge is 1.00 e. The van der Waals surface area contributed by atoms with Crippen molar-refractivity contribution in [3.8, 4) is 0 Å². The Morgan fingerprint density at radius 2 is 0.627 bits per heavy atom. The van der Waals surface area contributed by atoms with Crippen LogP contribution in [0.2, 0.25) is 0 Å². The Morgan fingerprint density at radius 3 is 0.804 bits per heavy atom. The van der Waals surface area contributed by atoms with E-state index in [0.29, 0.717) is 21.2 Å². The molecular weight excluding hydrogens is 822 g/mol. The molecule has 0 aliphatic carbocycles. The van der Waals surface area contributed by atoms with Gasteiger partial charge in [-0.1, -0.05) is 62.4 Å². The van der Waals surface area contributed by atoms with E-state index in [0.717, 1.165) is 24.3 Å². The van der Waals surface area contributed by atoms with Crippen LogP contribution in [0, 0.1) is 0 Å².